The number of benzene rings is 2. The van der Waals surface area contributed by atoms with Crippen molar-refractivity contribution in [3.05, 3.63) is 59.7 Å². The third kappa shape index (κ3) is 3.63. The standard InChI is InChI=1S/C19H19NO4/c1-23-19(22)16-7-3-5-14(11-16)13-4-2-6-15(10-13)18(21)20-17-8-9-24-12-17/h2-7,10-11,17H,8-9,12H2,1H3,(H,20,21)/t17-/m1/s1. The summed E-state index contributed by atoms with van der Waals surface area (Å²) < 4.78 is 10.0. The van der Waals surface area contributed by atoms with Gasteiger partial charge in [-0.25, -0.2) is 4.79 Å². The van der Waals surface area contributed by atoms with Gasteiger partial charge in [0, 0.05) is 12.2 Å². The fourth-order valence-corrected chi connectivity index (χ4v) is 2.70. The minimum atomic E-state index is -0.382. The molecule has 0 aliphatic carbocycles. The molecule has 0 saturated carbocycles. The molecule has 2 aromatic carbocycles. The highest BCUT2D eigenvalue weighted by atomic mass is 16.5. The molecule has 0 aromatic heterocycles. The number of amides is 1. The van der Waals surface area contributed by atoms with E-state index in [1.165, 1.54) is 7.11 Å². The minimum absolute atomic E-state index is 0.0730. The van der Waals surface area contributed by atoms with E-state index in [9.17, 15) is 9.59 Å². The molecule has 1 aliphatic heterocycles. The zero-order valence-electron chi connectivity index (χ0n) is 13.5. The molecule has 5 heteroatoms. The Bertz CT molecular complexity index is 751. The Morgan fingerprint density at radius 2 is 1.75 bits per heavy atom. The van der Waals surface area contributed by atoms with Crippen LogP contribution in [0.25, 0.3) is 11.1 Å². The molecule has 1 heterocycles. The molecule has 0 spiro atoms. The van der Waals surface area contributed by atoms with E-state index in [4.69, 9.17) is 9.47 Å². The fourth-order valence-electron chi connectivity index (χ4n) is 2.70. The Morgan fingerprint density at radius 1 is 1.08 bits per heavy atom. The monoisotopic (exact) mass is 325 g/mol. The summed E-state index contributed by atoms with van der Waals surface area (Å²) in [6.07, 6.45) is 0.840. The van der Waals surface area contributed by atoms with Crippen molar-refractivity contribution in [2.45, 2.75) is 12.5 Å². The van der Waals surface area contributed by atoms with Crippen LogP contribution >= 0.6 is 0 Å². The van der Waals surface area contributed by atoms with Crippen LogP contribution in [0.4, 0.5) is 0 Å². The van der Waals surface area contributed by atoms with Gasteiger partial charge in [0.05, 0.1) is 25.3 Å². The smallest absolute Gasteiger partial charge is 0.337 e. The summed E-state index contributed by atoms with van der Waals surface area (Å²) in [7, 11) is 1.35. The Morgan fingerprint density at radius 3 is 2.38 bits per heavy atom. The van der Waals surface area contributed by atoms with Gasteiger partial charge in [0.2, 0.25) is 0 Å². The molecule has 1 amide bonds. The molecule has 2 aromatic rings. The lowest BCUT2D eigenvalue weighted by molar-refractivity contribution is 0.0600. The summed E-state index contributed by atoms with van der Waals surface area (Å²) >= 11 is 0. The first kappa shape index (κ1) is 16.2. The average Bonchev–Trinajstić information content (AvgIpc) is 3.14. The van der Waals surface area contributed by atoms with E-state index in [0.29, 0.717) is 24.3 Å². The quantitative estimate of drug-likeness (QED) is 0.878. The highest BCUT2D eigenvalue weighted by Crippen LogP contribution is 2.22. The van der Waals surface area contributed by atoms with E-state index in [-0.39, 0.29) is 17.9 Å². The van der Waals surface area contributed by atoms with Gasteiger partial charge >= 0.3 is 5.97 Å². The molecule has 1 fully saturated rings. The van der Waals surface area contributed by atoms with E-state index in [1.54, 1.807) is 24.3 Å². The number of carbonyl (C=O) groups is 2. The molecule has 3 rings (SSSR count). The summed E-state index contributed by atoms with van der Waals surface area (Å²) in [5.74, 6) is -0.497. The molecule has 0 bridgehead atoms. The number of hydrogen-bond donors (Lipinski definition) is 1. The maximum Gasteiger partial charge on any atom is 0.337 e. The third-order valence-corrected chi connectivity index (χ3v) is 4.01. The molecule has 1 aliphatic rings. The van der Waals surface area contributed by atoms with Gasteiger partial charge in [-0.2, -0.15) is 0 Å². The molecular weight excluding hydrogens is 306 g/mol. The van der Waals surface area contributed by atoms with Crippen molar-refractivity contribution in [2.75, 3.05) is 20.3 Å². The minimum Gasteiger partial charge on any atom is -0.465 e. The van der Waals surface area contributed by atoms with Gasteiger partial charge < -0.3 is 14.8 Å². The molecule has 1 atom stereocenters. The molecule has 124 valence electrons. The number of hydrogen-bond acceptors (Lipinski definition) is 4. The van der Waals surface area contributed by atoms with Gasteiger partial charge in [-0.05, 0) is 41.8 Å². The Kier molecular flexibility index (Phi) is 4.91. The molecule has 0 unspecified atom stereocenters. The van der Waals surface area contributed by atoms with E-state index in [1.807, 2.05) is 24.3 Å². The maximum absolute atomic E-state index is 12.4. The average molecular weight is 325 g/mol. The largest absolute Gasteiger partial charge is 0.465 e. The van der Waals surface area contributed by atoms with E-state index in [0.717, 1.165) is 17.5 Å². The number of rotatable bonds is 4. The van der Waals surface area contributed by atoms with Gasteiger partial charge in [0.15, 0.2) is 0 Å². The highest BCUT2D eigenvalue weighted by molar-refractivity contribution is 5.96. The van der Waals surface area contributed by atoms with Crippen LogP contribution in [0.2, 0.25) is 0 Å². The predicted octanol–water partition coefficient (Wildman–Crippen LogP) is 2.66. The zero-order chi connectivity index (χ0) is 16.9. The second-order valence-corrected chi connectivity index (χ2v) is 5.69. The van der Waals surface area contributed by atoms with Crippen molar-refractivity contribution in [3.8, 4) is 11.1 Å². The van der Waals surface area contributed by atoms with Gasteiger partial charge in [0.1, 0.15) is 0 Å². The van der Waals surface area contributed by atoms with Crippen LogP contribution in [-0.4, -0.2) is 38.2 Å². The number of carbonyl (C=O) groups excluding carboxylic acids is 2. The summed E-state index contributed by atoms with van der Waals surface area (Å²) in [5.41, 5.74) is 2.80. The van der Waals surface area contributed by atoms with Crippen molar-refractivity contribution in [3.63, 3.8) is 0 Å². The molecular formula is C19H19NO4. The number of nitrogens with one attached hydrogen (secondary N) is 1. The van der Waals surface area contributed by atoms with Crippen molar-refractivity contribution < 1.29 is 19.1 Å². The summed E-state index contributed by atoms with van der Waals surface area (Å²) in [4.78, 5) is 24.0. The fraction of sp³-hybridized carbons (Fsp3) is 0.263. The molecule has 0 radical (unpaired) electrons. The normalized spacial score (nSPS) is 16.6. The predicted molar refractivity (Wildman–Crippen MR) is 89.9 cm³/mol. The summed E-state index contributed by atoms with van der Waals surface area (Å²) in [5, 5.41) is 2.97. The lowest BCUT2D eigenvalue weighted by Gasteiger charge is -2.11. The Hall–Kier alpha value is -2.66. The zero-order valence-corrected chi connectivity index (χ0v) is 13.5. The second-order valence-electron chi connectivity index (χ2n) is 5.69. The van der Waals surface area contributed by atoms with Gasteiger partial charge in [0.25, 0.3) is 5.91 Å². The van der Waals surface area contributed by atoms with Crippen LogP contribution in [0.15, 0.2) is 48.5 Å². The molecule has 5 nitrogen and oxygen atoms in total. The van der Waals surface area contributed by atoms with Crippen molar-refractivity contribution in [1.82, 2.24) is 5.32 Å². The van der Waals surface area contributed by atoms with Gasteiger partial charge in [-0.3, -0.25) is 4.79 Å². The van der Waals surface area contributed by atoms with Crippen LogP contribution in [0.5, 0.6) is 0 Å². The Labute approximate surface area is 140 Å². The second kappa shape index (κ2) is 7.27. The van der Waals surface area contributed by atoms with Crippen molar-refractivity contribution >= 4 is 11.9 Å². The topological polar surface area (TPSA) is 64.6 Å². The summed E-state index contributed by atoms with van der Waals surface area (Å²) in [6, 6.07) is 14.6. The highest BCUT2D eigenvalue weighted by Gasteiger charge is 2.18. The van der Waals surface area contributed by atoms with Crippen LogP contribution in [0.1, 0.15) is 27.1 Å². The number of ether oxygens (including phenoxy) is 2. The molecule has 24 heavy (non-hydrogen) atoms. The van der Waals surface area contributed by atoms with Crippen molar-refractivity contribution in [1.29, 1.82) is 0 Å². The van der Waals surface area contributed by atoms with Gasteiger partial charge in [-0.15, -0.1) is 0 Å². The number of methoxy groups -OCH3 is 1. The first-order valence-electron chi connectivity index (χ1n) is 7.85. The first-order valence-corrected chi connectivity index (χ1v) is 7.85. The van der Waals surface area contributed by atoms with Crippen LogP contribution < -0.4 is 5.32 Å². The third-order valence-electron chi connectivity index (χ3n) is 4.01. The van der Waals surface area contributed by atoms with E-state index in [2.05, 4.69) is 5.32 Å². The van der Waals surface area contributed by atoms with E-state index < -0.39 is 0 Å². The summed E-state index contributed by atoms with van der Waals surface area (Å²) in [6.45, 7) is 1.25. The maximum atomic E-state index is 12.4. The van der Waals surface area contributed by atoms with Crippen LogP contribution in [0, 0.1) is 0 Å². The lowest BCUT2D eigenvalue weighted by Crippen LogP contribution is -2.34. The lowest BCUT2D eigenvalue weighted by atomic mass is 10.0. The van der Waals surface area contributed by atoms with Crippen molar-refractivity contribution in [2.24, 2.45) is 0 Å². The number of esters is 1. The SMILES string of the molecule is COC(=O)c1cccc(-c2cccc(C(=O)N[C@@H]3CCOC3)c2)c1. The molecule has 1 saturated heterocycles. The molecule has 1 N–H and O–H groups in total. The Balaban J connectivity index is 1.82. The van der Waals surface area contributed by atoms with Crippen LogP contribution in [-0.2, 0) is 9.47 Å². The van der Waals surface area contributed by atoms with Gasteiger partial charge in [-0.1, -0.05) is 24.3 Å². The van der Waals surface area contributed by atoms with Crippen LogP contribution in [0.3, 0.4) is 0 Å². The first-order chi connectivity index (χ1) is 11.7. The van der Waals surface area contributed by atoms with E-state index >= 15 is 0 Å².